The largest absolute Gasteiger partial charge is 0.494 e. The van der Waals surface area contributed by atoms with E-state index in [0.29, 0.717) is 12.1 Å². The lowest BCUT2D eigenvalue weighted by Gasteiger charge is -2.28. The molecule has 0 amide bonds. The van der Waals surface area contributed by atoms with E-state index < -0.39 is 0 Å². The third-order valence-electron chi connectivity index (χ3n) is 4.05. The van der Waals surface area contributed by atoms with Gasteiger partial charge in [-0.1, -0.05) is 25.5 Å². The van der Waals surface area contributed by atoms with Crippen LogP contribution in [0, 0.1) is 0 Å². The monoisotopic (exact) mass is 277 g/mol. The first-order valence-corrected chi connectivity index (χ1v) is 7.98. The molecule has 1 aromatic rings. The van der Waals surface area contributed by atoms with Crippen LogP contribution in [0.4, 0.5) is 0 Å². The van der Waals surface area contributed by atoms with E-state index in [0.717, 1.165) is 25.2 Å². The van der Waals surface area contributed by atoms with Gasteiger partial charge in [0.05, 0.1) is 6.61 Å². The van der Waals surface area contributed by atoms with Gasteiger partial charge in [0, 0.05) is 12.1 Å². The second-order valence-corrected chi connectivity index (χ2v) is 5.99. The van der Waals surface area contributed by atoms with E-state index in [4.69, 9.17) is 4.74 Å². The molecule has 2 heteroatoms. The minimum absolute atomic E-state index is 0.611. The summed E-state index contributed by atoms with van der Waals surface area (Å²) in [5, 5.41) is 0. The highest BCUT2D eigenvalue weighted by Gasteiger charge is 2.11. The zero-order valence-corrected chi connectivity index (χ0v) is 13.9. The Bertz CT molecular complexity index is 358. The molecule has 0 spiro atoms. The summed E-state index contributed by atoms with van der Waals surface area (Å²) in [6, 6.07) is 9.82. The minimum Gasteiger partial charge on any atom is -0.494 e. The van der Waals surface area contributed by atoms with Crippen LogP contribution in [0.3, 0.4) is 0 Å². The fraction of sp³-hybridized carbons (Fsp3) is 0.667. The number of nitrogens with zero attached hydrogens (tertiary/aromatic N) is 1. The predicted molar refractivity (Wildman–Crippen MR) is 87.5 cm³/mol. The summed E-state index contributed by atoms with van der Waals surface area (Å²) >= 11 is 0. The number of benzene rings is 1. The van der Waals surface area contributed by atoms with Crippen LogP contribution in [0.1, 0.15) is 52.5 Å². The first-order chi connectivity index (χ1) is 9.54. The lowest BCUT2D eigenvalue weighted by molar-refractivity contribution is 0.199. The van der Waals surface area contributed by atoms with E-state index in [1.165, 1.54) is 18.4 Å². The van der Waals surface area contributed by atoms with Crippen molar-refractivity contribution >= 4 is 0 Å². The van der Waals surface area contributed by atoms with Gasteiger partial charge in [0.15, 0.2) is 0 Å². The quantitative estimate of drug-likeness (QED) is 0.615. The van der Waals surface area contributed by atoms with Crippen LogP contribution in [-0.2, 0) is 6.42 Å². The van der Waals surface area contributed by atoms with Crippen LogP contribution < -0.4 is 4.74 Å². The van der Waals surface area contributed by atoms with Crippen LogP contribution >= 0.6 is 0 Å². The molecule has 0 heterocycles. The van der Waals surface area contributed by atoms with E-state index >= 15 is 0 Å². The van der Waals surface area contributed by atoms with Crippen molar-refractivity contribution in [2.45, 2.75) is 65.5 Å². The fourth-order valence-corrected chi connectivity index (χ4v) is 2.17. The summed E-state index contributed by atoms with van der Waals surface area (Å²) in [5.74, 6) is 0.995. The topological polar surface area (TPSA) is 12.5 Å². The van der Waals surface area contributed by atoms with Crippen molar-refractivity contribution in [3.63, 3.8) is 0 Å². The molecule has 1 unspecified atom stereocenters. The van der Waals surface area contributed by atoms with Gasteiger partial charge >= 0.3 is 0 Å². The Balaban J connectivity index is 2.37. The predicted octanol–water partition coefficient (Wildman–Crippen LogP) is 4.53. The van der Waals surface area contributed by atoms with E-state index in [1.54, 1.807) is 0 Å². The van der Waals surface area contributed by atoms with Crippen molar-refractivity contribution in [2.24, 2.45) is 0 Å². The molecule has 20 heavy (non-hydrogen) atoms. The summed E-state index contributed by atoms with van der Waals surface area (Å²) < 4.78 is 5.69. The van der Waals surface area contributed by atoms with Crippen molar-refractivity contribution in [3.05, 3.63) is 29.8 Å². The molecular formula is C18H31NO. The van der Waals surface area contributed by atoms with Gasteiger partial charge in [0.1, 0.15) is 5.75 Å². The lowest BCUT2D eigenvalue weighted by atomic mass is 10.0. The van der Waals surface area contributed by atoms with E-state index in [9.17, 15) is 0 Å². The number of hydrogen-bond acceptors (Lipinski definition) is 2. The number of rotatable bonds is 9. The van der Waals surface area contributed by atoms with Gasteiger partial charge in [0.25, 0.3) is 0 Å². The number of ether oxygens (including phenoxy) is 1. The first-order valence-electron chi connectivity index (χ1n) is 7.98. The Morgan fingerprint density at radius 1 is 1.10 bits per heavy atom. The van der Waals surface area contributed by atoms with Crippen molar-refractivity contribution in [3.8, 4) is 5.75 Å². The molecule has 1 rings (SSSR count). The molecule has 2 nitrogen and oxygen atoms in total. The zero-order valence-electron chi connectivity index (χ0n) is 13.9. The third kappa shape index (κ3) is 5.96. The summed E-state index contributed by atoms with van der Waals surface area (Å²) in [4.78, 5) is 2.43. The highest BCUT2D eigenvalue weighted by Crippen LogP contribution is 2.16. The Morgan fingerprint density at radius 2 is 1.75 bits per heavy atom. The molecular weight excluding hydrogens is 246 g/mol. The van der Waals surface area contributed by atoms with Crippen molar-refractivity contribution in [1.29, 1.82) is 0 Å². The highest BCUT2D eigenvalue weighted by molar-refractivity contribution is 5.27. The average Bonchev–Trinajstić information content (AvgIpc) is 2.45. The number of hydrogen-bond donors (Lipinski definition) is 0. The molecule has 0 N–H and O–H groups in total. The van der Waals surface area contributed by atoms with Crippen LogP contribution in [0.25, 0.3) is 0 Å². The molecule has 0 fully saturated rings. The second kappa shape index (κ2) is 9.02. The number of unbranched alkanes of at least 4 members (excludes halogenated alkanes) is 1. The van der Waals surface area contributed by atoms with Gasteiger partial charge < -0.3 is 9.64 Å². The molecule has 0 radical (unpaired) electrons. The smallest absolute Gasteiger partial charge is 0.119 e. The van der Waals surface area contributed by atoms with Crippen LogP contribution in [0.2, 0.25) is 0 Å². The van der Waals surface area contributed by atoms with E-state index in [2.05, 4.69) is 63.9 Å². The molecule has 0 aliphatic carbocycles. The third-order valence-corrected chi connectivity index (χ3v) is 4.05. The molecule has 0 saturated carbocycles. The summed E-state index contributed by atoms with van der Waals surface area (Å²) in [6.45, 7) is 9.81. The van der Waals surface area contributed by atoms with Crippen molar-refractivity contribution < 1.29 is 4.74 Å². The van der Waals surface area contributed by atoms with Gasteiger partial charge in [-0.3, -0.25) is 0 Å². The fourth-order valence-electron chi connectivity index (χ4n) is 2.17. The van der Waals surface area contributed by atoms with Gasteiger partial charge in [-0.2, -0.15) is 0 Å². The normalized spacial score (nSPS) is 12.9. The Labute approximate surface area is 125 Å². The van der Waals surface area contributed by atoms with Gasteiger partial charge in [0.2, 0.25) is 0 Å². The molecule has 0 aliphatic heterocycles. The average molecular weight is 277 g/mol. The molecule has 1 atom stereocenters. The maximum atomic E-state index is 5.69. The van der Waals surface area contributed by atoms with Crippen molar-refractivity contribution in [1.82, 2.24) is 4.90 Å². The Hall–Kier alpha value is -1.02. The highest BCUT2D eigenvalue weighted by atomic mass is 16.5. The zero-order chi connectivity index (χ0) is 15.0. The molecule has 0 saturated heterocycles. The summed E-state index contributed by atoms with van der Waals surface area (Å²) in [5.41, 5.74) is 1.40. The molecule has 1 aromatic carbocycles. The molecule has 0 aromatic heterocycles. The Morgan fingerprint density at radius 3 is 2.30 bits per heavy atom. The standard InChI is InChI=1S/C18H31NO/c1-6-7-14-20-18-12-10-17(11-13-18)9-8-16(4)19(5)15(2)3/h10-13,15-16H,6-9,14H2,1-5H3. The molecule has 0 bridgehead atoms. The van der Waals surface area contributed by atoms with Gasteiger partial charge in [-0.05, 0) is 64.8 Å². The second-order valence-electron chi connectivity index (χ2n) is 5.99. The van der Waals surface area contributed by atoms with Crippen LogP contribution in [-0.4, -0.2) is 30.6 Å². The van der Waals surface area contributed by atoms with Crippen molar-refractivity contribution in [2.75, 3.05) is 13.7 Å². The summed E-state index contributed by atoms with van der Waals surface area (Å²) in [6.07, 6.45) is 4.64. The van der Waals surface area contributed by atoms with Crippen LogP contribution in [0.5, 0.6) is 5.75 Å². The number of aryl methyl sites for hydroxylation is 1. The Kier molecular flexibility index (Phi) is 7.68. The lowest BCUT2D eigenvalue weighted by Crippen LogP contribution is -2.35. The van der Waals surface area contributed by atoms with Gasteiger partial charge in [-0.25, -0.2) is 0 Å². The maximum Gasteiger partial charge on any atom is 0.119 e. The molecule has 0 aliphatic rings. The SMILES string of the molecule is CCCCOc1ccc(CCC(C)N(C)C(C)C)cc1. The molecule has 114 valence electrons. The van der Waals surface area contributed by atoms with Gasteiger partial charge in [-0.15, -0.1) is 0 Å². The van der Waals surface area contributed by atoms with Crippen LogP contribution in [0.15, 0.2) is 24.3 Å². The minimum atomic E-state index is 0.611. The maximum absolute atomic E-state index is 5.69. The summed E-state index contributed by atoms with van der Waals surface area (Å²) in [7, 11) is 2.21. The van der Waals surface area contributed by atoms with E-state index in [1.807, 2.05) is 0 Å². The van der Waals surface area contributed by atoms with E-state index in [-0.39, 0.29) is 0 Å². The first kappa shape index (κ1) is 17.0.